The second-order valence-electron chi connectivity index (χ2n) is 4.83. The summed E-state index contributed by atoms with van der Waals surface area (Å²) in [7, 11) is 0. The molecule has 1 aromatic carbocycles. The Labute approximate surface area is 132 Å². The average Bonchev–Trinajstić information content (AvgIpc) is 2.50. The summed E-state index contributed by atoms with van der Waals surface area (Å²) in [5.41, 5.74) is 2.17. The zero-order valence-corrected chi connectivity index (χ0v) is 13.3. The highest BCUT2D eigenvalue weighted by atomic mass is 79.9. The summed E-state index contributed by atoms with van der Waals surface area (Å²) in [6.45, 7) is 1.71. The topological polar surface area (TPSA) is 62.2 Å². The van der Waals surface area contributed by atoms with Gasteiger partial charge < -0.3 is 10.4 Å². The second kappa shape index (κ2) is 7.33. The lowest BCUT2D eigenvalue weighted by molar-refractivity contribution is 0.0910. The van der Waals surface area contributed by atoms with Crippen LogP contribution >= 0.6 is 15.9 Å². The van der Waals surface area contributed by atoms with Crippen LogP contribution in [0.3, 0.4) is 0 Å². The predicted octanol–water partition coefficient (Wildman–Crippen LogP) is 2.49. The van der Waals surface area contributed by atoms with E-state index in [1.54, 1.807) is 6.07 Å². The van der Waals surface area contributed by atoms with E-state index in [0.717, 1.165) is 11.3 Å². The predicted molar refractivity (Wildman–Crippen MR) is 85.2 cm³/mol. The molecule has 0 aliphatic heterocycles. The van der Waals surface area contributed by atoms with Gasteiger partial charge in [-0.25, -0.2) is 4.98 Å². The van der Waals surface area contributed by atoms with Crippen LogP contribution in [-0.4, -0.2) is 28.6 Å². The molecule has 0 saturated carbocycles. The molecule has 0 fully saturated rings. The van der Waals surface area contributed by atoms with Crippen LogP contribution in [0.2, 0.25) is 0 Å². The molecule has 21 heavy (non-hydrogen) atoms. The Morgan fingerprint density at radius 3 is 2.67 bits per heavy atom. The summed E-state index contributed by atoms with van der Waals surface area (Å²) in [4.78, 5) is 16.5. The molecule has 0 bridgehead atoms. The minimum atomic E-state index is -0.339. The van der Waals surface area contributed by atoms with Crippen molar-refractivity contribution in [3.63, 3.8) is 0 Å². The van der Waals surface area contributed by atoms with Crippen molar-refractivity contribution in [3.05, 3.63) is 63.9 Å². The molecule has 5 heteroatoms. The summed E-state index contributed by atoms with van der Waals surface area (Å²) in [5.74, 6) is -0.291. The third-order valence-electron chi connectivity index (χ3n) is 3.08. The van der Waals surface area contributed by atoms with Gasteiger partial charge in [0.1, 0.15) is 5.69 Å². The maximum Gasteiger partial charge on any atom is 0.271 e. The number of halogens is 1. The number of pyridine rings is 1. The SMILES string of the molecule is Cc1ccc(Br)c(C(=O)NC(CO)Cc2ccccc2)n1. The van der Waals surface area contributed by atoms with Crippen molar-refractivity contribution < 1.29 is 9.90 Å². The fourth-order valence-electron chi connectivity index (χ4n) is 2.01. The molecule has 1 amide bonds. The zero-order valence-electron chi connectivity index (χ0n) is 11.7. The third kappa shape index (κ3) is 4.37. The first-order valence-corrected chi connectivity index (χ1v) is 7.48. The Kier molecular flexibility index (Phi) is 5.47. The van der Waals surface area contributed by atoms with Crippen LogP contribution in [0.5, 0.6) is 0 Å². The molecule has 1 atom stereocenters. The van der Waals surface area contributed by atoms with Crippen LogP contribution in [0.4, 0.5) is 0 Å². The highest BCUT2D eigenvalue weighted by Crippen LogP contribution is 2.15. The summed E-state index contributed by atoms with van der Waals surface area (Å²) in [6, 6.07) is 13.0. The molecular weight excluding hydrogens is 332 g/mol. The van der Waals surface area contributed by atoms with Crippen LogP contribution in [0.25, 0.3) is 0 Å². The van der Waals surface area contributed by atoms with Gasteiger partial charge in [0.25, 0.3) is 5.91 Å². The smallest absolute Gasteiger partial charge is 0.271 e. The lowest BCUT2D eigenvalue weighted by Crippen LogP contribution is -2.39. The number of aliphatic hydroxyl groups is 1. The van der Waals surface area contributed by atoms with Gasteiger partial charge in [-0.3, -0.25) is 4.79 Å². The van der Waals surface area contributed by atoms with E-state index in [0.29, 0.717) is 16.6 Å². The number of aromatic nitrogens is 1. The Morgan fingerprint density at radius 2 is 2.00 bits per heavy atom. The first kappa shape index (κ1) is 15.7. The van der Waals surface area contributed by atoms with Gasteiger partial charge in [-0.05, 0) is 47.0 Å². The minimum Gasteiger partial charge on any atom is -0.394 e. The van der Waals surface area contributed by atoms with Crippen LogP contribution in [0.1, 0.15) is 21.7 Å². The van der Waals surface area contributed by atoms with Gasteiger partial charge in [0.15, 0.2) is 0 Å². The Morgan fingerprint density at radius 1 is 1.29 bits per heavy atom. The number of aliphatic hydroxyl groups excluding tert-OH is 1. The molecule has 1 aromatic heterocycles. The number of benzene rings is 1. The number of amides is 1. The van der Waals surface area contributed by atoms with Crippen molar-refractivity contribution >= 4 is 21.8 Å². The van der Waals surface area contributed by atoms with Gasteiger partial charge in [-0.1, -0.05) is 30.3 Å². The van der Waals surface area contributed by atoms with E-state index < -0.39 is 0 Å². The van der Waals surface area contributed by atoms with E-state index in [1.807, 2.05) is 43.3 Å². The number of aryl methyl sites for hydroxylation is 1. The molecule has 2 N–H and O–H groups in total. The molecule has 2 aromatic rings. The number of carbonyl (C=O) groups is 1. The maximum absolute atomic E-state index is 12.3. The molecule has 0 radical (unpaired) electrons. The summed E-state index contributed by atoms with van der Waals surface area (Å²) >= 11 is 3.32. The zero-order chi connectivity index (χ0) is 15.2. The van der Waals surface area contributed by atoms with Crippen molar-refractivity contribution in [2.45, 2.75) is 19.4 Å². The van der Waals surface area contributed by atoms with Crippen molar-refractivity contribution in [2.75, 3.05) is 6.61 Å². The van der Waals surface area contributed by atoms with E-state index in [4.69, 9.17) is 0 Å². The lowest BCUT2D eigenvalue weighted by Gasteiger charge is -2.16. The number of hydrogen-bond donors (Lipinski definition) is 2. The standard InChI is InChI=1S/C16H17BrN2O2/c1-11-7-8-14(17)15(18-11)16(21)19-13(10-20)9-12-5-3-2-4-6-12/h2-8,13,20H,9-10H2,1H3,(H,19,21). The molecule has 0 saturated heterocycles. The van der Waals surface area contributed by atoms with Crippen LogP contribution in [0.15, 0.2) is 46.9 Å². The van der Waals surface area contributed by atoms with Crippen molar-refractivity contribution in [3.8, 4) is 0 Å². The van der Waals surface area contributed by atoms with Crippen molar-refractivity contribution in [1.82, 2.24) is 10.3 Å². The average molecular weight is 349 g/mol. The third-order valence-corrected chi connectivity index (χ3v) is 3.72. The van der Waals surface area contributed by atoms with Gasteiger partial charge in [0.05, 0.1) is 12.6 Å². The molecule has 0 aliphatic rings. The van der Waals surface area contributed by atoms with Crippen LogP contribution in [-0.2, 0) is 6.42 Å². The molecule has 0 spiro atoms. The normalized spacial score (nSPS) is 12.0. The Balaban J connectivity index is 2.07. The molecule has 1 unspecified atom stereocenters. The molecule has 2 rings (SSSR count). The Bertz CT molecular complexity index is 617. The number of rotatable bonds is 5. The van der Waals surface area contributed by atoms with Gasteiger partial charge >= 0.3 is 0 Å². The number of hydrogen-bond acceptors (Lipinski definition) is 3. The fraction of sp³-hybridized carbons (Fsp3) is 0.250. The molecule has 4 nitrogen and oxygen atoms in total. The molecular formula is C16H17BrN2O2. The first-order valence-electron chi connectivity index (χ1n) is 6.69. The fourth-order valence-corrected chi connectivity index (χ4v) is 2.41. The van der Waals surface area contributed by atoms with Gasteiger partial charge in [-0.15, -0.1) is 0 Å². The quantitative estimate of drug-likeness (QED) is 0.872. The lowest BCUT2D eigenvalue weighted by atomic mass is 10.1. The highest BCUT2D eigenvalue weighted by Gasteiger charge is 2.17. The number of carbonyl (C=O) groups excluding carboxylic acids is 1. The highest BCUT2D eigenvalue weighted by molar-refractivity contribution is 9.10. The largest absolute Gasteiger partial charge is 0.394 e. The molecule has 110 valence electrons. The van der Waals surface area contributed by atoms with Gasteiger partial charge in [0, 0.05) is 10.2 Å². The van der Waals surface area contributed by atoms with E-state index in [2.05, 4.69) is 26.2 Å². The minimum absolute atomic E-state index is 0.121. The van der Waals surface area contributed by atoms with Crippen LogP contribution < -0.4 is 5.32 Å². The number of nitrogens with one attached hydrogen (secondary N) is 1. The monoisotopic (exact) mass is 348 g/mol. The van der Waals surface area contributed by atoms with Crippen LogP contribution in [0, 0.1) is 6.92 Å². The maximum atomic E-state index is 12.3. The summed E-state index contributed by atoms with van der Waals surface area (Å²) in [6.07, 6.45) is 0.576. The Hall–Kier alpha value is -1.72. The van der Waals surface area contributed by atoms with Gasteiger partial charge in [0.2, 0.25) is 0 Å². The van der Waals surface area contributed by atoms with E-state index in [9.17, 15) is 9.90 Å². The summed E-state index contributed by atoms with van der Waals surface area (Å²) in [5, 5.41) is 12.3. The first-order chi connectivity index (χ1) is 10.1. The van der Waals surface area contributed by atoms with Crippen molar-refractivity contribution in [1.29, 1.82) is 0 Å². The van der Waals surface area contributed by atoms with E-state index >= 15 is 0 Å². The molecule has 1 heterocycles. The second-order valence-corrected chi connectivity index (χ2v) is 5.68. The molecule has 0 aliphatic carbocycles. The van der Waals surface area contributed by atoms with E-state index in [-0.39, 0.29) is 18.6 Å². The summed E-state index contributed by atoms with van der Waals surface area (Å²) < 4.78 is 0.641. The van der Waals surface area contributed by atoms with Gasteiger partial charge in [-0.2, -0.15) is 0 Å². The number of nitrogens with zero attached hydrogens (tertiary/aromatic N) is 1. The van der Waals surface area contributed by atoms with E-state index in [1.165, 1.54) is 0 Å². The van der Waals surface area contributed by atoms with Crippen molar-refractivity contribution in [2.24, 2.45) is 0 Å².